The van der Waals surface area contributed by atoms with Crippen molar-refractivity contribution in [2.24, 2.45) is 5.92 Å². The average molecular weight is 345 g/mol. The first-order valence-electron chi connectivity index (χ1n) is 9.79. The summed E-state index contributed by atoms with van der Waals surface area (Å²) in [4.78, 5) is 27.5. The van der Waals surface area contributed by atoms with Crippen LogP contribution in [0.2, 0.25) is 0 Å². The van der Waals surface area contributed by atoms with E-state index < -0.39 is 0 Å². The van der Waals surface area contributed by atoms with Crippen molar-refractivity contribution in [2.75, 3.05) is 13.1 Å². The number of hydrogen-bond acceptors (Lipinski definition) is 3. The standard InChI is InChI=1S/C20H31N3O2/c1-15(2)10-11-21-19(24)18-7-4-12-22(20(18)25)13-14-23-16-5-3-6-17(23)9-8-16/h4,7,12,15-17H,3,5-6,8-11,13-14H2,1-2H3,(H,21,24). The Balaban J connectivity index is 1.61. The van der Waals surface area contributed by atoms with Crippen LogP contribution in [0.4, 0.5) is 0 Å². The average Bonchev–Trinajstić information content (AvgIpc) is 2.80. The van der Waals surface area contributed by atoms with Gasteiger partial charge in [0.05, 0.1) is 0 Å². The highest BCUT2D eigenvalue weighted by Crippen LogP contribution is 2.35. The van der Waals surface area contributed by atoms with E-state index in [-0.39, 0.29) is 17.0 Å². The molecule has 138 valence electrons. The van der Waals surface area contributed by atoms with E-state index in [0.717, 1.165) is 13.0 Å². The van der Waals surface area contributed by atoms with Gasteiger partial charge in [-0.1, -0.05) is 20.3 Å². The fourth-order valence-electron chi connectivity index (χ4n) is 4.27. The Morgan fingerprint density at radius 3 is 2.60 bits per heavy atom. The molecule has 0 radical (unpaired) electrons. The van der Waals surface area contributed by atoms with Crippen LogP contribution in [0.3, 0.4) is 0 Å². The molecule has 2 unspecified atom stereocenters. The van der Waals surface area contributed by atoms with Gasteiger partial charge < -0.3 is 9.88 Å². The lowest BCUT2D eigenvalue weighted by Gasteiger charge is -2.34. The van der Waals surface area contributed by atoms with Gasteiger partial charge in [0, 0.05) is 37.9 Å². The number of nitrogens with one attached hydrogen (secondary N) is 1. The lowest BCUT2D eigenvalue weighted by atomic mass is 10.0. The van der Waals surface area contributed by atoms with Crippen molar-refractivity contribution >= 4 is 5.91 Å². The van der Waals surface area contributed by atoms with Crippen molar-refractivity contribution in [1.29, 1.82) is 0 Å². The van der Waals surface area contributed by atoms with Crippen molar-refractivity contribution in [3.63, 3.8) is 0 Å². The maximum atomic E-state index is 12.6. The lowest BCUT2D eigenvalue weighted by molar-refractivity contribution is 0.0949. The molecular formula is C20H31N3O2. The van der Waals surface area contributed by atoms with Crippen molar-refractivity contribution in [3.8, 4) is 0 Å². The SMILES string of the molecule is CC(C)CCNC(=O)c1cccn(CCN2C3CCCC2CC3)c1=O. The molecular weight excluding hydrogens is 314 g/mol. The normalized spacial score (nSPS) is 23.2. The van der Waals surface area contributed by atoms with E-state index in [0.29, 0.717) is 31.1 Å². The van der Waals surface area contributed by atoms with Crippen molar-refractivity contribution in [1.82, 2.24) is 14.8 Å². The third-order valence-electron chi connectivity index (χ3n) is 5.72. The van der Waals surface area contributed by atoms with Crippen LogP contribution in [0, 0.1) is 5.92 Å². The maximum absolute atomic E-state index is 12.6. The molecule has 3 heterocycles. The van der Waals surface area contributed by atoms with Crippen LogP contribution < -0.4 is 10.9 Å². The van der Waals surface area contributed by atoms with Crippen molar-refractivity contribution in [2.45, 2.75) is 71.0 Å². The number of pyridine rings is 1. The van der Waals surface area contributed by atoms with E-state index in [1.807, 2.05) is 6.07 Å². The second kappa shape index (κ2) is 8.17. The predicted molar refractivity (Wildman–Crippen MR) is 99.9 cm³/mol. The van der Waals surface area contributed by atoms with Crippen LogP contribution in [0.1, 0.15) is 62.7 Å². The van der Waals surface area contributed by atoms with E-state index in [4.69, 9.17) is 0 Å². The predicted octanol–water partition coefficient (Wildman–Crippen LogP) is 2.64. The van der Waals surface area contributed by atoms with Gasteiger partial charge in [0.15, 0.2) is 0 Å². The quantitative estimate of drug-likeness (QED) is 0.826. The summed E-state index contributed by atoms with van der Waals surface area (Å²) in [6, 6.07) is 4.85. The van der Waals surface area contributed by atoms with Crippen LogP contribution in [0.25, 0.3) is 0 Å². The second-order valence-electron chi connectivity index (χ2n) is 7.91. The zero-order chi connectivity index (χ0) is 17.8. The van der Waals surface area contributed by atoms with Gasteiger partial charge in [0.25, 0.3) is 11.5 Å². The van der Waals surface area contributed by atoms with Crippen LogP contribution >= 0.6 is 0 Å². The third-order valence-corrected chi connectivity index (χ3v) is 5.72. The van der Waals surface area contributed by atoms with Gasteiger partial charge in [-0.05, 0) is 50.2 Å². The number of piperidine rings is 1. The zero-order valence-corrected chi connectivity index (χ0v) is 15.5. The summed E-state index contributed by atoms with van der Waals surface area (Å²) >= 11 is 0. The molecule has 0 aliphatic carbocycles. The Morgan fingerprint density at radius 1 is 1.20 bits per heavy atom. The monoisotopic (exact) mass is 345 g/mol. The number of carbonyl (C=O) groups is 1. The minimum Gasteiger partial charge on any atom is -0.352 e. The molecule has 1 aromatic rings. The van der Waals surface area contributed by atoms with Crippen molar-refractivity contribution in [3.05, 3.63) is 34.2 Å². The first-order valence-corrected chi connectivity index (χ1v) is 9.79. The molecule has 1 N–H and O–H groups in total. The molecule has 0 spiro atoms. The molecule has 5 heteroatoms. The van der Waals surface area contributed by atoms with Gasteiger partial charge in [-0.25, -0.2) is 0 Å². The molecule has 25 heavy (non-hydrogen) atoms. The fraction of sp³-hybridized carbons (Fsp3) is 0.700. The van der Waals surface area contributed by atoms with Crippen LogP contribution in [-0.2, 0) is 6.54 Å². The van der Waals surface area contributed by atoms with Crippen LogP contribution in [0.15, 0.2) is 23.1 Å². The number of aromatic nitrogens is 1. The summed E-state index contributed by atoms with van der Waals surface area (Å²) in [6.07, 6.45) is 9.27. The largest absolute Gasteiger partial charge is 0.352 e. The third kappa shape index (κ3) is 4.32. The van der Waals surface area contributed by atoms with Crippen LogP contribution in [0.5, 0.6) is 0 Å². The fourth-order valence-corrected chi connectivity index (χ4v) is 4.27. The molecule has 2 saturated heterocycles. The summed E-state index contributed by atoms with van der Waals surface area (Å²) in [5, 5.41) is 2.87. The summed E-state index contributed by atoms with van der Waals surface area (Å²) in [6.45, 7) is 6.43. The van der Waals surface area contributed by atoms with Crippen molar-refractivity contribution < 1.29 is 4.79 Å². The molecule has 0 aromatic carbocycles. The smallest absolute Gasteiger partial charge is 0.263 e. The lowest BCUT2D eigenvalue weighted by Crippen LogP contribution is -2.42. The van der Waals surface area contributed by atoms with E-state index >= 15 is 0 Å². The summed E-state index contributed by atoms with van der Waals surface area (Å²) in [5.41, 5.74) is 0.0850. The number of rotatable bonds is 7. The number of fused-ring (bicyclic) bond motifs is 2. The topological polar surface area (TPSA) is 54.3 Å². The van der Waals surface area contributed by atoms with Gasteiger partial charge in [-0.3, -0.25) is 14.5 Å². The minimum atomic E-state index is -0.252. The highest BCUT2D eigenvalue weighted by Gasteiger charge is 2.35. The molecule has 2 aliphatic heterocycles. The Labute approximate surface area is 150 Å². The van der Waals surface area contributed by atoms with E-state index in [1.165, 1.54) is 32.1 Å². The van der Waals surface area contributed by atoms with Gasteiger partial charge in [0.2, 0.25) is 0 Å². The van der Waals surface area contributed by atoms with E-state index in [1.54, 1.807) is 16.8 Å². The Kier molecular flexibility index (Phi) is 5.94. The Morgan fingerprint density at radius 2 is 1.92 bits per heavy atom. The second-order valence-corrected chi connectivity index (χ2v) is 7.91. The molecule has 1 aromatic heterocycles. The van der Waals surface area contributed by atoms with E-state index in [2.05, 4.69) is 24.1 Å². The molecule has 2 atom stereocenters. The highest BCUT2D eigenvalue weighted by atomic mass is 16.2. The first kappa shape index (κ1) is 18.2. The molecule has 0 saturated carbocycles. The van der Waals surface area contributed by atoms with E-state index in [9.17, 15) is 9.59 Å². The van der Waals surface area contributed by atoms with Gasteiger partial charge in [-0.15, -0.1) is 0 Å². The summed E-state index contributed by atoms with van der Waals surface area (Å²) in [5.74, 6) is 0.283. The number of nitrogens with zero attached hydrogens (tertiary/aromatic N) is 2. The van der Waals surface area contributed by atoms with Gasteiger partial charge in [0.1, 0.15) is 5.56 Å². The van der Waals surface area contributed by atoms with Gasteiger partial charge >= 0.3 is 0 Å². The molecule has 5 nitrogen and oxygen atoms in total. The maximum Gasteiger partial charge on any atom is 0.263 e. The highest BCUT2D eigenvalue weighted by molar-refractivity contribution is 5.93. The number of amides is 1. The number of hydrogen-bond donors (Lipinski definition) is 1. The molecule has 3 rings (SSSR count). The first-order chi connectivity index (χ1) is 12.1. The summed E-state index contributed by atoms with van der Waals surface area (Å²) in [7, 11) is 0. The Bertz CT molecular complexity index is 637. The number of carbonyl (C=O) groups excluding carboxylic acids is 1. The molecule has 1 amide bonds. The molecule has 2 aliphatic rings. The molecule has 2 bridgehead atoms. The van der Waals surface area contributed by atoms with Crippen LogP contribution in [-0.4, -0.2) is 40.5 Å². The molecule has 2 fully saturated rings. The zero-order valence-electron chi connectivity index (χ0n) is 15.5. The van der Waals surface area contributed by atoms with Gasteiger partial charge in [-0.2, -0.15) is 0 Å². The minimum absolute atomic E-state index is 0.172. The Hall–Kier alpha value is -1.62. The summed E-state index contributed by atoms with van der Waals surface area (Å²) < 4.78 is 1.70.